The zero-order valence-corrected chi connectivity index (χ0v) is 20.4. The molecule has 1 aliphatic heterocycles. The lowest BCUT2D eigenvalue weighted by atomic mass is 10.1. The number of primary amides is 1. The number of nitrogens with zero attached hydrogens (tertiary/aromatic N) is 1. The molecule has 34 heavy (non-hydrogen) atoms. The molecule has 1 saturated heterocycles. The van der Waals surface area contributed by atoms with Crippen molar-refractivity contribution in [2.45, 2.75) is 64.3 Å². The molecule has 0 aromatic carbocycles. The number of nitrogens with two attached hydrogens (primary N) is 1. The smallest absolute Gasteiger partial charge is 0.245 e. The maximum Gasteiger partial charge on any atom is 0.245 e. The number of unbranched alkanes of at least 4 members (excludes halogenated alkanes) is 1. The molecule has 11 nitrogen and oxygen atoms in total. The van der Waals surface area contributed by atoms with E-state index in [4.69, 9.17) is 15.2 Å². The highest BCUT2D eigenvalue weighted by molar-refractivity contribution is 6.03. The number of amides is 4. The number of hydrogen-bond acceptors (Lipinski definition) is 8. The molecule has 1 fully saturated rings. The molecule has 0 radical (unpaired) electrons. The molecule has 2 atom stereocenters. The summed E-state index contributed by atoms with van der Waals surface area (Å²) in [6.45, 7) is 3.45. The largest absolute Gasteiger partial charge is 0.379 e. The summed E-state index contributed by atoms with van der Waals surface area (Å²) < 4.78 is 10.7. The van der Waals surface area contributed by atoms with E-state index in [0.717, 1.165) is 12.8 Å². The van der Waals surface area contributed by atoms with Crippen LogP contribution in [0.4, 0.5) is 0 Å². The number of ketones is 1. The lowest BCUT2D eigenvalue weighted by molar-refractivity contribution is -0.139. The lowest BCUT2D eigenvalue weighted by Gasteiger charge is -2.14. The standard InChI is InChI=1S/C23H40N4O7/c1-3-17-15-21(30)27(23(17)32)11-9-18(28)7-6-12-33-13-14-34-16-20(29)26-10-5-4-8-19(25-2)22(24)31/h17,19,25H,3-16H2,1-2H3,(H2,24,31)(H,26,29). The van der Waals surface area contributed by atoms with Crippen molar-refractivity contribution in [3.63, 3.8) is 0 Å². The fourth-order valence-electron chi connectivity index (χ4n) is 3.60. The summed E-state index contributed by atoms with van der Waals surface area (Å²) >= 11 is 0. The summed E-state index contributed by atoms with van der Waals surface area (Å²) in [6, 6.07) is -0.350. The molecule has 1 rings (SSSR count). The van der Waals surface area contributed by atoms with E-state index in [9.17, 15) is 24.0 Å². The Kier molecular flexibility index (Phi) is 14.9. The molecule has 0 saturated carbocycles. The number of carbonyl (C=O) groups is 5. The first-order valence-corrected chi connectivity index (χ1v) is 12.0. The number of hydrogen-bond donors (Lipinski definition) is 3. The molecule has 0 aliphatic carbocycles. The van der Waals surface area contributed by atoms with Crippen molar-refractivity contribution in [3.05, 3.63) is 0 Å². The average molecular weight is 485 g/mol. The summed E-state index contributed by atoms with van der Waals surface area (Å²) in [5.41, 5.74) is 5.24. The normalized spacial score (nSPS) is 16.6. The Morgan fingerprint density at radius 2 is 1.82 bits per heavy atom. The zero-order chi connectivity index (χ0) is 25.3. The Labute approximate surface area is 201 Å². The van der Waals surface area contributed by atoms with Gasteiger partial charge in [-0.25, -0.2) is 0 Å². The van der Waals surface area contributed by atoms with Gasteiger partial charge in [-0.1, -0.05) is 6.92 Å². The molecule has 0 aromatic rings. The molecule has 1 heterocycles. The van der Waals surface area contributed by atoms with Crippen molar-refractivity contribution < 1.29 is 33.4 Å². The van der Waals surface area contributed by atoms with Crippen LogP contribution in [0.25, 0.3) is 0 Å². The molecule has 194 valence electrons. The van der Waals surface area contributed by atoms with Crippen LogP contribution in [-0.2, 0) is 33.4 Å². The number of imide groups is 1. The van der Waals surface area contributed by atoms with E-state index < -0.39 is 0 Å². The van der Waals surface area contributed by atoms with Crippen LogP contribution in [0.1, 0.15) is 58.3 Å². The van der Waals surface area contributed by atoms with Crippen molar-refractivity contribution in [2.75, 3.05) is 46.6 Å². The molecule has 0 bridgehead atoms. The number of ether oxygens (including phenoxy) is 2. The van der Waals surface area contributed by atoms with Gasteiger partial charge < -0.3 is 25.8 Å². The van der Waals surface area contributed by atoms with E-state index in [2.05, 4.69) is 10.6 Å². The Hall–Kier alpha value is -2.37. The number of nitrogens with one attached hydrogen (secondary N) is 2. The highest BCUT2D eigenvalue weighted by atomic mass is 16.5. The molecule has 11 heteroatoms. The minimum atomic E-state index is -0.383. The molecule has 2 unspecified atom stereocenters. The topological polar surface area (TPSA) is 157 Å². The Morgan fingerprint density at radius 3 is 2.47 bits per heavy atom. The van der Waals surface area contributed by atoms with Crippen molar-refractivity contribution in [2.24, 2.45) is 11.7 Å². The number of Topliss-reactive ketones (excluding diaryl/α,β-unsaturated/α-hetero) is 1. The van der Waals surface area contributed by atoms with Gasteiger partial charge in [0.05, 0.1) is 19.3 Å². The minimum Gasteiger partial charge on any atom is -0.379 e. The number of rotatable bonds is 20. The van der Waals surface area contributed by atoms with Gasteiger partial charge in [-0.2, -0.15) is 0 Å². The van der Waals surface area contributed by atoms with Crippen LogP contribution in [0, 0.1) is 5.92 Å². The first-order chi connectivity index (χ1) is 16.3. The van der Waals surface area contributed by atoms with Crippen molar-refractivity contribution in [3.8, 4) is 0 Å². The maximum atomic E-state index is 12.0. The third kappa shape index (κ3) is 11.7. The van der Waals surface area contributed by atoms with Crippen molar-refractivity contribution in [1.29, 1.82) is 0 Å². The Bertz CT molecular complexity index is 686. The van der Waals surface area contributed by atoms with E-state index in [-0.39, 0.29) is 74.0 Å². The Balaban J connectivity index is 1.94. The molecule has 4 amide bonds. The first-order valence-electron chi connectivity index (χ1n) is 12.0. The SMILES string of the molecule is CCC1CC(=O)N(CCC(=O)CCCOCCOCC(=O)NCCCCC(NC)C(N)=O)C1=O. The predicted octanol–water partition coefficient (Wildman–Crippen LogP) is -0.0961. The van der Waals surface area contributed by atoms with E-state index in [1.165, 1.54) is 4.90 Å². The quantitative estimate of drug-likeness (QED) is 0.160. The lowest BCUT2D eigenvalue weighted by Crippen LogP contribution is -2.39. The summed E-state index contributed by atoms with van der Waals surface area (Å²) in [5.74, 6) is -1.20. The van der Waals surface area contributed by atoms with Crippen LogP contribution in [0.5, 0.6) is 0 Å². The third-order valence-electron chi connectivity index (χ3n) is 5.73. The van der Waals surface area contributed by atoms with Crippen LogP contribution in [-0.4, -0.2) is 86.9 Å². The fourth-order valence-corrected chi connectivity index (χ4v) is 3.60. The first kappa shape index (κ1) is 29.7. The van der Waals surface area contributed by atoms with Crippen LogP contribution in [0.15, 0.2) is 0 Å². The molecular weight excluding hydrogens is 444 g/mol. The predicted molar refractivity (Wildman–Crippen MR) is 125 cm³/mol. The minimum absolute atomic E-state index is 0.00632. The second-order valence-electron chi connectivity index (χ2n) is 8.34. The van der Waals surface area contributed by atoms with Gasteiger partial charge in [0.25, 0.3) is 0 Å². The molecular formula is C23H40N4O7. The summed E-state index contributed by atoms with van der Waals surface area (Å²) in [4.78, 5) is 59.9. The summed E-state index contributed by atoms with van der Waals surface area (Å²) in [6.07, 6.45) is 4.05. The van der Waals surface area contributed by atoms with E-state index in [0.29, 0.717) is 45.4 Å². The molecule has 4 N–H and O–H groups in total. The van der Waals surface area contributed by atoms with Crippen LogP contribution >= 0.6 is 0 Å². The van der Waals surface area contributed by atoms with Crippen molar-refractivity contribution in [1.82, 2.24) is 15.5 Å². The molecule has 0 aromatic heterocycles. The highest BCUT2D eigenvalue weighted by Crippen LogP contribution is 2.22. The molecule has 1 aliphatic rings. The van der Waals surface area contributed by atoms with Gasteiger partial charge in [-0.15, -0.1) is 0 Å². The Morgan fingerprint density at radius 1 is 1.09 bits per heavy atom. The monoisotopic (exact) mass is 484 g/mol. The van der Waals surface area contributed by atoms with Crippen LogP contribution in [0.2, 0.25) is 0 Å². The van der Waals surface area contributed by atoms with Gasteiger partial charge in [-0.3, -0.25) is 28.9 Å². The van der Waals surface area contributed by atoms with Gasteiger partial charge in [-0.05, 0) is 39.2 Å². The van der Waals surface area contributed by atoms with Gasteiger partial charge in [0.15, 0.2) is 0 Å². The van der Waals surface area contributed by atoms with Crippen LogP contribution in [0.3, 0.4) is 0 Å². The number of likely N-dealkylation sites (tertiary alicyclic amines) is 1. The molecule has 0 spiro atoms. The van der Waals surface area contributed by atoms with Gasteiger partial charge in [0.2, 0.25) is 23.6 Å². The maximum absolute atomic E-state index is 12.0. The van der Waals surface area contributed by atoms with Gasteiger partial charge in [0.1, 0.15) is 12.4 Å². The third-order valence-corrected chi connectivity index (χ3v) is 5.73. The average Bonchev–Trinajstić information content (AvgIpc) is 3.08. The van der Waals surface area contributed by atoms with Crippen molar-refractivity contribution >= 4 is 29.4 Å². The van der Waals surface area contributed by atoms with E-state index >= 15 is 0 Å². The summed E-state index contributed by atoms with van der Waals surface area (Å²) in [7, 11) is 1.68. The second-order valence-corrected chi connectivity index (χ2v) is 8.34. The fraction of sp³-hybridized carbons (Fsp3) is 0.783. The van der Waals surface area contributed by atoms with Gasteiger partial charge in [0, 0.05) is 44.9 Å². The summed E-state index contributed by atoms with van der Waals surface area (Å²) in [5, 5.41) is 5.59. The second kappa shape index (κ2) is 17.1. The van der Waals surface area contributed by atoms with E-state index in [1.54, 1.807) is 7.05 Å². The zero-order valence-electron chi connectivity index (χ0n) is 20.4. The number of likely N-dealkylation sites (N-methyl/N-ethyl adjacent to an activating group) is 1. The van der Waals surface area contributed by atoms with E-state index in [1.807, 2.05) is 6.92 Å². The highest BCUT2D eigenvalue weighted by Gasteiger charge is 2.36. The van der Waals surface area contributed by atoms with Gasteiger partial charge >= 0.3 is 0 Å². The number of carbonyl (C=O) groups excluding carboxylic acids is 5. The van der Waals surface area contributed by atoms with Crippen LogP contribution < -0.4 is 16.4 Å².